The number of carboxylic acid groups (broad SMARTS) is 1. The van der Waals surface area contributed by atoms with E-state index in [0.29, 0.717) is 11.3 Å². The molecule has 0 aliphatic heterocycles. The lowest BCUT2D eigenvalue weighted by Gasteiger charge is -2.06. The van der Waals surface area contributed by atoms with Gasteiger partial charge in [0.2, 0.25) is 5.95 Å². The number of pyridine rings is 2. The Morgan fingerprint density at radius 2 is 1.87 bits per heavy atom. The first kappa shape index (κ1) is 17.5. The first-order valence-electron chi connectivity index (χ1n) is 8.88. The van der Waals surface area contributed by atoms with Crippen LogP contribution in [0.2, 0.25) is 0 Å². The number of fused-ring (bicyclic) bond motifs is 2. The van der Waals surface area contributed by atoms with Crippen molar-refractivity contribution in [2.75, 3.05) is 5.32 Å². The van der Waals surface area contributed by atoms with Gasteiger partial charge >= 0.3 is 5.97 Å². The van der Waals surface area contributed by atoms with Crippen LogP contribution < -0.4 is 5.32 Å². The molecule has 4 heterocycles. The fraction of sp³-hybridized carbons (Fsp3) is 0. The van der Waals surface area contributed by atoms with E-state index in [1.807, 2.05) is 24.3 Å². The Kier molecular flexibility index (Phi) is 3.95. The van der Waals surface area contributed by atoms with E-state index in [2.05, 4.69) is 25.4 Å². The summed E-state index contributed by atoms with van der Waals surface area (Å²) in [5, 5.41) is 16.5. The number of hydrogen-bond acceptors (Lipinski definition) is 6. The van der Waals surface area contributed by atoms with Crippen LogP contribution in [-0.4, -0.2) is 46.1 Å². The molecular weight excluding hydrogens is 386 g/mol. The molecule has 0 saturated heterocycles. The van der Waals surface area contributed by atoms with Crippen LogP contribution in [0.15, 0.2) is 67.4 Å². The molecule has 10 heteroatoms. The van der Waals surface area contributed by atoms with E-state index in [1.54, 1.807) is 29.2 Å². The molecule has 30 heavy (non-hydrogen) atoms. The molecule has 0 spiro atoms. The Balaban J connectivity index is 1.60. The van der Waals surface area contributed by atoms with Gasteiger partial charge in [0.15, 0.2) is 5.65 Å². The number of amides is 1. The zero-order valence-corrected chi connectivity index (χ0v) is 15.3. The third-order valence-corrected chi connectivity index (χ3v) is 4.55. The largest absolute Gasteiger partial charge is 0.478 e. The molecular formula is C20H13N7O3. The molecule has 0 atom stereocenters. The minimum absolute atomic E-state index is 0.00745. The van der Waals surface area contributed by atoms with Crippen molar-refractivity contribution >= 4 is 34.5 Å². The maximum atomic E-state index is 12.4. The summed E-state index contributed by atoms with van der Waals surface area (Å²) in [4.78, 5) is 36.6. The molecule has 0 bridgehead atoms. The number of nitrogens with one attached hydrogen (secondary N) is 1. The van der Waals surface area contributed by atoms with Gasteiger partial charge in [-0.3, -0.25) is 19.7 Å². The Morgan fingerprint density at radius 3 is 2.67 bits per heavy atom. The number of anilines is 1. The van der Waals surface area contributed by atoms with Crippen LogP contribution in [-0.2, 0) is 0 Å². The predicted octanol–water partition coefficient (Wildman–Crippen LogP) is 2.41. The van der Waals surface area contributed by atoms with Crippen molar-refractivity contribution in [1.29, 1.82) is 0 Å². The number of nitrogens with zero attached hydrogens (tertiary/aromatic N) is 6. The fourth-order valence-electron chi connectivity index (χ4n) is 3.16. The summed E-state index contributed by atoms with van der Waals surface area (Å²) in [5.41, 5.74) is 2.58. The Labute approximate surface area is 168 Å². The molecule has 1 amide bonds. The van der Waals surface area contributed by atoms with Gasteiger partial charge in [0, 0.05) is 18.0 Å². The fourth-order valence-corrected chi connectivity index (χ4v) is 3.16. The minimum atomic E-state index is -1.16. The number of rotatable bonds is 4. The lowest BCUT2D eigenvalue weighted by molar-refractivity contribution is 0.0698. The van der Waals surface area contributed by atoms with E-state index in [4.69, 9.17) is 0 Å². The summed E-state index contributed by atoms with van der Waals surface area (Å²) in [6.07, 6.45) is 6.23. The summed E-state index contributed by atoms with van der Waals surface area (Å²) in [7, 11) is 0. The van der Waals surface area contributed by atoms with Crippen LogP contribution in [0.5, 0.6) is 0 Å². The van der Waals surface area contributed by atoms with Gasteiger partial charge in [-0.05, 0) is 30.3 Å². The normalized spacial score (nSPS) is 11.1. The van der Waals surface area contributed by atoms with Gasteiger partial charge in [-0.15, -0.1) is 5.10 Å². The maximum absolute atomic E-state index is 12.4. The first-order chi connectivity index (χ1) is 14.6. The summed E-state index contributed by atoms with van der Waals surface area (Å²) in [6, 6.07) is 12.1. The molecule has 0 unspecified atom stereocenters. The third kappa shape index (κ3) is 2.92. The number of hydrogen-bond donors (Lipinski definition) is 2. The van der Waals surface area contributed by atoms with Crippen molar-refractivity contribution in [3.63, 3.8) is 0 Å². The van der Waals surface area contributed by atoms with Crippen LogP contribution in [0.1, 0.15) is 20.7 Å². The number of imidazole rings is 1. The van der Waals surface area contributed by atoms with Gasteiger partial charge < -0.3 is 5.11 Å². The molecule has 5 rings (SSSR count). The molecule has 10 nitrogen and oxygen atoms in total. The highest BCUT2D eigenvalue weighted by molar-refractivity contribution is 6.03. The van der Waals surface area contributed by atoms with Gasteiger partial charge in [0.25, 0.3) is 5.91 Å². The smallest absolute Gasteiger partial charge is 0.339 e. The molecule has 5 aromatic rings. The zero-order valence-electron chi connectivity index (χ0n) is 15.3. The Morgan fingerprint density at radius 1 is 1.07 bits per heavy atom. The van der Waals surface area contributed by atoms with Crippen molar-refractivity contribution in [1.82, 2.24) is 29.1 Å². The van der Waals surface area contributed by atoms with Crippen molar-refractivity contribution < 1.29 is 14.7 Å². The molecule has 2 N–H and O–H groups in total. The van der Waals surface area contributed by atoms with Gasteiger partial charge in [-0.1, -0.05) is 12.1 Å². The average molecular weight is 399 g/mol. The second kappa shape index (κ2) is 6.78. The third-order valence-electron chi connectivity index (χ3n) is 4.55. The van der Waals surface area contributed by atoms with Crippen molar-refractivity contribution in [3.8, 4) is 5.69 Å². The molecule has 1 aromatic carbocycles. The minimum Gasteiger partial charge on any atom is -0.478 e. The van der Waals surface area contributed by atoms with Gasteiger partial charge in [0.05, 0.1) is 22.9 Å². The molecule has 0 aliphatic carbocycles. The highest BCUT2D eigenvalue weighted by Crippen LogP contribution is 2.21. The Hall–Kier alpha value is -4.60. The van der Waals surface area contributed by atoms with E-state index in [9.17, 15) is 14.7 Å². The molecule has 0 radical (unpaired) electrons. The van der Waals surface area contributed by atoms with E-state index < -0.39 is 11.9 Å². The summed E-state index contributed by atoms with van der Waals surface area (Å²) < 4.78 is 3.09. The number of carboxylic acids is 1. The molecule has 0 aliphatic rings. The van der Waals surface area contributed by atoms with Gasteiger partial charge in [-0.25, -0.2) is 14.3 Å². The first-order valence-corrected chi connectivity index (χ1v) is 8.88. The quantitative estimate of drug-likeness (QED) is 0.475. The Bertz CT molecular complexity index is 1420. The maximum Gasteiger partial charge on any atom is 0.339 e. The highest BCUT2D eigenvalue weighted by Gasteiger charge is 2.18. The predicted molar refractivity (Wildman–Crippen MR) is 107 cm³/mol. The average Bonchev–Trinajstić information content (AvgIpc) is 3.37. The number of aromatic nitrogens is 6. The highest BCUT2D eigenvalue weighted by atomic mass is 16.4. The monoisotopic (exact) mass is 399 g/mol. The second-order valence-electron chi connectivity index (χ2n) is 6.41. The van der Waals surface area contributed by atoms with E-state index in [0.717, 1.165) is 11.0 Å². The van der Waals surface area contributed by atoms with Crippen molar-refractivity contribution in [2.45, 2.75) is 0 Å². The van der Waals surface area contributed by atoms with Crippen molar-refractivity contribution in [3.05, 3.63) is 78.5 Å². The number of aromatic carboxylic acids is 1. The van der Waals surface area contributed by atoms with E-state index >= 15 is 0 Å². The van der Waals surface area contributed by atoms with E-state index in [1.165, 1.54) is 23.0 Å². The molecule has 0 saturated carbocycles. The van der Waals surface area contributed by atoms with Crippen LogP contribution >= 0.6 is 0 Å². The summed E-state index contributed by atoms with van der Waals surface area (Å²) in [6.45, 7) is 0. The van der Waals surface area contributed by atoms with Crippen LogP contribution in [0.25, 0.3) is 22.4 Å². The topological polar surface area (TPSA) is 127 Å². The molecule has 4 aromatic heterocycles. The lowest BCUT2D eigenvalue weighted by Crippen LogP contribution is -2.13. The molecule has 146 valence electrons. The number of para-hydroxylation sites is 2. The summed E-state index contributed by atoms with van der Waals surface area (Å²) >= 11 is 0. The van der Waals surface area contributed by atoms with Crippen molar-refractivity contribution in [2.24, 2.45) is 0 Å². The standard InChI is InChI=1S/C20H13N7O3/c28-18(12-5-7-21-8-6-12)24-20-23-17-14(19(29)30)9-13(10-27(17)25-20)26-11-22-15-3-1-2-4-16(15)26/h1-11H,(H,29,30)(H,24,25,28). The molecule has 0 fully saturated rings. The van der Waals surface area contributed by atoms with Gasteiger partial charge in [-0.2, -0.15) is 4.98 Å². The number of carbonyl (C=O) groups is 2. The van der Waals surface area contributed by atoms with Crippen LogP contribution in [0.3, 0.4) is 0 Å². The number of benzene rings is 1. The van der Waals surface area contributed by atoms with E-state index in [-0.39, 0.29) is 17.2 Å². The number of carbonyl (C=O) groups excluding carboxylic acids is 1. The van der Waals surface area contributed by atoms with Crippen LogP contribution in [0, 0.1) is 0 Å². The SMILES string of the molecule is O=C(Nc1nc2c(C(=O)O)cc(-n3cnc4ccccc43)cn2n1)c1ccncc1. The second-order valence-corrected chi connectivity index (χ2v) is 6.41. The zero-order chi connectivity index (χ0) is 20.7. The van der Waals surface area contributed by atoms with Gasteiger partial charge in [0.1, 0.15) is 11.9 Å². The lowest BCUT2D eigenvalue weighted by atomic mass is 10.2. The summed E-state index contributed by atoms with van der Waals surface area (Å²) in [5.74, 6) is -1.59. The van der Waals surface area contributed by atoms with Crippen LogP contribution in [0.4, 0.5) is 5.95 Å².